The Hall–Kier alpha value is 0.0839. The number of rotatable bonds is 4. The van der Waals surface area contributed by atoms with Gasteiger partial charge in [-0.25, -0.2) is 0 Å². The number of nitrogens with zero attached hydrogens (tertiary/aromatic N) is 1. The molecule has 2 rings (SSSR count). The van der Waals surface area contributed by atoms with Crippen LogP contribution in [0.1, 0.15) is 30.5 Å². The van der Waals surface area contributed by atoms with Crippen molar-refractivity contribution in [2.24, 2.45) is 0 Å². The zero-order valence-corrected chi connectivity index (χ0v) is 14.0. The van der Waals surface area contributed by atoms with Crippen LogP contribution >= 0.6 is 0 Å². The molecule has 1 aromatic carbocycles. The first kappa shape index (κ1) is 16.1. The Bertz CT molecular complexity index is 377. The van der Waals surface area contributed by atoms with Crippen LogP contribution < -0.4 is 4.74 Å². The number of ether oxygens (including phenoxy) is 1. The van der Waals surface area contributed by atoms with Crippen LogP contribution in [0.4, 0.5) is 0 Å². The van der Waals surface area contributed by atoms with E-state index in [2.05, 4.69) is 43.9 Å². The Balaban J connectivity index is 0.00000162. The molecule has 1 atom stereocenters. The molecule has 0 aromatic heterocycles. The zero-order chi connectivity index (χ0) is 12.3. The molecule has 1 aromatic rings. The van der Waals surface area contributed by atoms with Gasteiger partial charge in [-0.1, -0.05) is 12.1 Å². The molecule has 0 aliphatic carbocycles. The average Bonchev–Trinajstić information content (AvgIpc) is 2.39. The standard InChI is InChI=1S/C15H21NO.Y/c1-4-16(5-2)12(3)14-9-8-13-7-6-10-17-15(13)11-14;/h8-9,11-12H,1-2,4-7,10H2,3H3;/q-2;. The van der Waals surface area contributed by atoms with E-state index in [1.807, 2.05) is 0 Å². The number of fused-ring (bicyclic) bond motifs is 1. The molecular weight excluding hydrogens is 299 g/mol. The second-order valence-electron chi connectivity index (χ2n) is 4.53. The van der Waals surface area contributed by atoms with Crippen molar-refractivity contribution in [3.63, 3.8) is 0 Å². The summed E-state index contributed by atoms with van der Waals surface area (Å²) in [7, 11) is 0. The van der Waals surface area contributed by atoms with Gasteiger partial charge in [-0.3, -0.25) is 0 Å². The minimum absolute atomic E-state index is 0. The molecule has 0 saturated heterocycles. The molecule has 1 radical (unpaired) electrons. The van der Waals surface area contributed by atoms with Gasteiger partial charge in [0.1, 0.15) is 5.75 Å². The minimum atomic E-state index is 0. The van der Waals surface area contributed by atoms with E-state index in [4.69, 9.17) is 4.74 Å². The molecule has 0 N–H and O–H groups in total. The van der Waals surface area contributed by atoms with Gasteiger partial charge in [0, 0.05) is 38.8 Å². The summed E-state index contributed by atoms with van der Waals surface area (Å²) in [5, 5.41) is 0. The molecular formula is C15H21NOY-2. The molecule has 3 heteroatoms. The Morgan fingerprint density at radius 1 is 1.33 bits per heavy atom. The number of aryl methyl sites for hydroxylation is 1. The molecule has 97 valence electrons. The van der Waals surface area contributed by atoms with Gasteiger partial charge in [-0.15, -0.1) is 13.1 Å². The third kappa shape index (κ3) is 3.56. The van der Waals surface area contributed by atoms with Crippen LogP contribution in [0, 0.1) is 13.8 Å². The van der Waals surface area contributed by atoms with E-state index >= 15 is 0 Å². The van der Waals surface area contributed by atoms with Gasteiger partial charge < -0.3 is 23.5 Å². The van der Waals surface area contributed by atoms with Crippen molar-refractivity contribution >= 4 is 0 Å². The molecule has 0 spiro atoms. The molecule has 0 bridgehead atoms. The van der Waals surface area contributed by atoms with Crippen molar-refractivity contribution in [2.45, 2.75) is 25.8 Å². The van der Waals surface area contributed by atoms with Crippen molar-refractivity contribution in [1.82, 2.24) is 4.90 Å². The SMILES string of the molecule is [CH2-]CN(C[CH2-])C(C)c1ccc2c(c1)OCCC2.[Y]. The van der Waals surface area contributed by atoms with E-state index in [1.54, 1.807) is 0 Å². The summed E-state index contributed by atoms with van der Waals surface area (Å²) in [6.45, 7) is 12.5. The maximum atomic E-state index is 5.71. The third-order valence-electron chi connectivity index (χ3n) is 3.54. The minimum Gasteiger partial charge on any atom is -0.493 e. The first-order valence-corrected chi connectivity index (χ1v) is 6.34. The van der Waals surface area contributed by atoms with Gasteiger partial charge in [0.2, 0.25) is 0 Å². The van der Waals surface area contributed by atoms with Crippen molar-refractivity contribution < 1.29 is 37.4 Å². The molecule has 18 heavy (non-hydrogen) atoms. The summed E-state index contributed by atoms with van der Waals surface area (Å²) >= 11 is 0. The predicted octanol–water partition coefficient (Wildman–Crippen LogP) is 3.04. The maximum absolute atomic E-state index is 5.71. The molecule has 1 aliphatic heterocycles. The van der Waals surface area contributed by atoms with Crippen LogP contribution in [-0.4, -0.2) is 24.6 Å². The monoisotopic (exact) mass is 320 g/mol. The first-order valence-electron chi connectivity index (χ1n) is 6.34. The van der Waals surface area contributed by atoms with Crippen LogP contribution in [0.15, 0.2) is 18.2 Å². The summed E-state index contributed by atoms with van der Waals surface area (Å²) in [5.74, 6) is 1.06. The second-order valence-corrected chi connectivity index (χ2v) is 4.53. The van der Waals surface area contributed by atoms with Gasteiger partial charge in [0.25, 0.3) is 0 Å². The van der Waals surface area contributed by atoms with E-state index in [9.17, 15) is 0 Å². The fourth-order valence-electron chi connectivity index (χ4n) is 2.33. The molecule has 0 saturated carbocycles. The quantitative estimate of drug-likeness (QED) is 0.791. The zero-order valence-electron chi connectivity index (χ0n) is 11.2. The molecule has 0 amide bonds. The van der Waals surface area contributed by atoms with Crippen LogP contribution in [0.2, 0.25) is 0 Å². The fourth-order valence-corrected chi connectivity index (χ4v) is 2.33. The van der Waals surface area contributed by atoms with Gasteiger partial charge >= 0.3 is 0 Å². The Morgan fingerprint density at radius 3 is 2.72 bits per heavy atom. The van der Waals surface area contributed by atoms with Gasteiger partial charge in [0.05, 0.1) is 6.61 Å². The van der Waals surface area contributed by atoms with Crippen molar-refractivity contribution in [3.05, 3.63) is 43.2 Å². The van der Waals surface area contributed by atoms with Crippen LogP contribution in [0.25, 0.3) is 0 Å². The molecule has 1 unspecified atom stereocenters. The van der Waals surface area contributed by atoms with E-state index in [-0.39, 0.29) is 32.7 Å². The summed E-state index contributed by atoms with van der Waals surface area (Å²) in [6, 6.07) is 6.93. The summed E-state index contributed by atoms with van der Waals surface area (Å²) in [5.41, 5.74) is 2.63. The third-order valence-corrected chi connectivity index (χ3v) is 3.54. The Labute approximate surface area is 136 Å². The van der Waals surface area contributed by atoms with Gasteiger partial charge in [0.15, 0.2) is 0 Å². The summed E-state index contributed by atoms with van der Waals surface area (Å²) in [4.78, 5) is 2.24. The Morgan fingerprint density at radius 2 is 2.06 bits per heavy atom. The normalized spacial score (nSPS) is 15.6. The van der Waals surface area contributed by atoms with Crippen molar-refractivity contribution in [2.75, 3.05) is 19.7 Å². The molecule has 2 nitrogen and oxygen atoms in total. The van der Waals surface area contributed by atoms with E-state index < -0.39 is 0 Å². The molecule has 1 heterocycles. The number of hydrogen-bond acceptors (Lipinski definition) is 2. The van der Waals surface area contributed by atoms with E-state index in [0.717, 1.165) is 38.3 Å². The first-order chi connectivity index (χ1) is 8.26. The summed E-state index contributed by atoms with van der Waals surface area (Å²) in [6.07, 6.45) is 2.27. The maximum Gasteiger partial charge on any atom is 0.122 e. The second kappa shape index (κ2) is 7.62. The number of benzene rings is 1. The molecule has 1 aliphatic rings. The van der Waals surface area contributed by atoms with Gasteiger partial charge in [-0.05, 0) is 37.0 Å². The van der Waals surface area contributed by atoms with Crippen molar-refractivity contribution in [3.8, 4) is 5.75 Å². The number of hydrogen-bond donors (Lipinski definition) is 0. The van der Waals surface area contributed by atoms with Crippen LogP contribution in [0.5, 0.6) is 5.75 Å². The Kier molecular flexibility index (Phi) is 6.83. The van der Waals surface area contributed by atoms with Gasteiger partial charge in [-0.2, -0.15) is 0 Å². The summed E-state index contributed by atoms with van der Waals surface area (Å²) < 4.78 is 5.71. The van der Waals surface area contributed by atoms with Crippen LogP contribution in [0.3, 0.4) is 0 Å². The smallest absolute Gasteiger partial charge is 0.122 e. The largest absolute Gasteiger partial charge is 0.493 e. The van der Waals surface area contributed by atoms with Crippen molar-refractivity contribution in [1.29, 1.82) is 0 Å². The predicted molar refractivity (Wildman–Crippen MR) is 71.0 cm³/mol. The average molecular weight is 320 g/mol. The van der Waals surface area contributed by atoms with E-state index in [0.29, 0.717) is 6.04 Å². The molecule has 0 fully saturated rings. The fraction of sp³-hybridized carbons (Fsp3) is 0.467. The van der Waals surface area contributed by atoms with E-state index in [1.165, 1.54) is 11.1 Å². The topological polar surface area (TPSA) is 12.5 Å². The van der Waals surface area contributed by atoms with Crippen LogP contribution in [-0.2, 0) is 39.1 Å².